The number of hydrogen-bond acceptors (Lipinski definition) is 10. The summed E-state index contributed by atoms with van der Waals surface area (Å²) in [6.07, 6.45) is 5.99. The van der Waals surface area contributed by atoms with Gasteiger partial charge in [0.25, 0.3) is 0 Å². The summed E-state index contributed by atoms with van der Waals surface area (Å²) in [4.78, 5) is 46.8. The molecule has 10 heteroatoms. The van der Waals surface area contributed by atoms with Gasteiger partial charge in [-0.3, -0.25) is 19.2 Å². The minimum atomic E-state index is -1.21. The number of carbonyl (C=O) groups is 4. The zero-order chi connectivity index (χ0) is 26.9. The molecule has 10 nitrogen and oxygen atoms in total. The predicted octanol–water partition coefficient (Wildman–Crippen LogP) is 4.01. The summed E-state index contributed by atoms with van der Waals surface area (Å²) in [5, 5.41) is 0. The molecule has 0 saturated carbocycles. The van der Waals surface area contributed by atoms with Gasteiger partial charge in [0, 0.05) is 34.3 Å². The van der Waals surface area contributed by atoms with E-state index in [1.54, 1.807) is 0 Å². The summed E-state index contributed by atoms with van der Waals surface area (Å²) >= 11 is 0. The van der Waals surface area contributed by atoms with Crippen LogP contribution in [0.4, 0.5) is 0 Å². The van der Waals surface area contributed by atoms with Crippen molar-refractivity contribution in [1.82, 2.24) is 0 Å². The maximum atomic E-state index is 11.8. The Morgan fingerprint density at radius 3 is 1.58 bits per heavy atom. The molecule has 0 radical (unpaired) electrons. The first-order valence-electron chi connectivity index (χ1n) is 13.1. The van der Waals surface area contributed by atoms with E-state index in [9.17, 15) is 19.2 Å². The van der Waals surface area contributed by atoms with Gasteiger partial charge in [0.15, 0.2) is 24.6 Å². The lowest BCUT2D eigenvalue weighted by atomic mass is 9.98. The van der Waals surface area contributed by atoms with E-state index < -0.39 is 54.6 Å². The first-order valence-corrected chi connectivity index (χ1v) is 13.1. The van der Waals surface area contributed by atoms with E-state index in [0.717, 1.165) is 19.3 Å². The third kappa shape index (κ3) is 13.2. The smallest absolute Gasteiger partial charge is 0.303 e. The van der Waals surface area contributed by atoms with Crippen molar-refractivity contribution < 1.29 is 47.6 Å². The van der Waals surface area contributed by atoms with E-state index in [1.165, 1.54) is 72.6 Å². The highest BCUT2D eigenvalue weighted by Crippen LogP contribution is 2.30. The van der Waals surface area contributed by atoms with Crippen LogP contribution in [0.5, 0.6) is 0 Å². The van der Waals surface area contributed by atoms with Crippen LogP contribution in [0.25, 0.3) is 0 Å². The fourth-order valence-electron chi connectivity index (χ4n) is 4.11. The Morgan fingerprint density at radius 2 is 1.08 bits per heavy atom. The van der Waals surface area contributed by atoms with E-state index in [1.807, 2.05) is 0 Å². The molecule has 1 aliphatic rings. The molecule has 5 atom stereocenters. The molecule has 0 spiro atoms. The van der Waals surface area contributed by atoms with Crippen molar-refractivity contribution in [2.75, 3.05) is 13.2 Å². The molecule has 0 aromatic rings. The van der Waals surface area contributed by atoms with Crippen LogP contribution >= 0.6 is 0 Å². The van der Waals surface area contributed by atoms with Gasteiger partial charge in [0.05, 0.1) is 0 Å². The second-order valence-electron chi connectivity index (χ2n) is 9.12. The van der Waals surface area contributed by atoms with Crippen LogP contribution < -0.4 is 0 Å². The van der Waals surface area contributed by atoms with Gasteiger partial charge in [0.1, 0.15) is 12.7 Å². The van der Waals surface area contributed by atoms with Gasteiger partial charge in [-0.2, -0.15) is 0 Å². The van der Waals surface area contributed by atoms with Crippen molar-refractivity contribution in [2.45, 2.75) is 130 Å². The molecule has 1 heterocycles. The van der Waals surface area contributed by atoms with Gasteiger partial charge >= 0.3 is 23.9 Å². The molecule has 0 aromatic heterocycles. The number of ether oxygens (including phenoxy) is 6. The topological polar surface area (TPSA) is 124 Å². The Morgan fingerprint density at radius 1 is 0.611 bits per heavy atom. The molecule has 0 N–H and O–H groups in total. The lowest BCUT2D eigenvalue weighted by Gasteiger charge is -2.44. The van der Waals surface area contributed by atoms with Crippen LogP contribution in [0.3, 0.4) is 0 Å². The van der Waals surface area contributed by atoms with Gasteiger partial charge < -0.3 is 28.4 Å². The molecule has 36 heavy (non-hydrogen) atoms. The largest absolute Gasteiger partial charge is 0.463 e. The van der Waals surface area contributed by atoms with Crippen molar-refractivity contribution in [3.8, 4) is 0 Å². The SMILES string of the molecule is CCCCCCCCCCCCO[C@@H]1O[C@H](COC(C)=O)[C@H](OC(C)=O)[C@H](OC(C)=O)[C@H]1OC(C)=O. The summed E-state index contributed by atoms with van der Waals surface area (Å²) < 4.78 is 33.0. The highest BCUT2D eigenvalue weighted by Gasteiger charge is 2.52. The van der Waals surface area contributed by atoms with Crippen LogP contribution in [0, 0.1) is 0 Å². The third-order valence-electron chi connectivity index (χ3n) is 5.73. The van der Waals surface area contributed by atoms with Gasteiger partial charge in [0.2, 0.25) is 0 Å². The highest BCUT2D eigenvalue weighted by molar-refractivity contribution is 5.68. The maximum Gasteiger partial charge on any atom is 0.303 e. The number of hydrogen-bond donors (Lipinski definition) is 0. The first-order chi connectivity index (χ1) is 17.1. The summed E-state index contributed by atoms with van der Waals surface area (Å²) in [6, 6.07) is 0. The average Bonchev–Trinajstić information content (AvgIpc) is 2.78. The van der Waals surface area contributed by atoms with Crippen molar-refractivity contribution in [2.24, 2.45) is 0 Å². The van der Waals surface area contributed by atoms with Crippen LogP contribution in [0.1, 0.15) is 98.8 Å². The highest BCUT2D eigenvalue weighted by atomic mass is 16.7. The van der Waals surface area contributed by atoms with Crippen molar-refractivity contribution in [3.63, 3.8) is 0 Å². The molecule has 1 rings (SSSR count). The summed E-state index contributed by atoms with van der Waals surface area (Å²) in [7, 11) is 0. The van der Waals surface area contributed by atoms with Gasteiger partial charge in [-0.15, -0.1) is 0 Å². The standard InChI is InChI=1S/C26H44O10/c1-6-7-8-9-10-11-12-13-14-15-16-31-26-25(35-21(5)30)24(34-20(4)29)23(33-19(3)28)22(36-26)17-32-18(2)27/h22-26H,6-17H2,1-5H3/t22-,23+,24+,25-,26-/m1/s1. The van der Waals surface area contributed by atoms with Crippen LogP contribution in [0.15, 0.2) is 0 Å². The molecule has 0 aliphatic carbocycles. The minimum absolute atomic E-state index is 0.268. The van der Waals surface area contributed by atoms with E-state index in [-0.39, 0.29) is 6.61 Å². The fraction of sp³-hybridized carbons (Fsp3) is 0.846. The molecular weight excluding hydrogens is 472 g/mol. The van der Waals surface area contributed by atoms with Crippen LogP contribution in [-0.2, 0) is 47.6 Å². The van der Waals surface area contributed by atoms with E-state index in [2.05, 4.69) is 6.92 Å². The zero-order valence-electron chi connectivity index (χ0n) is 22.5. The van der Waals surface area contributed by atoms with Crippen LogP contribution in [-0.4, -0.2) is 67.8 Å². The molecule has 0 aromatic carbocycles. The number of esters is 4. The molecule has 0 bridgehead atoms. The zero-order valence-corrected chi connectivity index (χ0v) is 22.5. The molecule has 1 saturated heterocycles. The monoisotopic (exact) mass is 516 g/mol. The Kier molecular flexibility index (Phi) is 16.0. The first kappa shape index (κ1) is 31.8. The van der Waals surface area contributed by atoms with Gasteiger partial charge in [-0.05, 0) is 6.42 Å². The van der Waals surface area contributed by atoms with E-state index in [4.69, 9.17) is 28.4 Å². The molecule has 1 aliphatic heterocycles. The van der Waals surface area contributed by atoms with E-state index in [0.29, 0.717) is 6.61 Å². The lowest BCUT2D eigenvalue weighted by Crippen LogP contribution is -2.63. The van der Waals surface area contributed by atoms with Crippen molar-refractivity contribution >= 4 is 23.9 Å². The Bertz CT molecular complexity index is 680. The Hall–Kier alpha value is -2.20. The Balaban J connectivity index is 2.77. The molecule has 208 valence electrons. The summed E-state index contributed by atoms with van der Waals surface area (Å²) in [5.41, 5.74) is 0. The van der Waals surface area contributed by atoms with Gasteiger partial charge in [-0.25, -0.2) is 0 Å². The van der Waals surface area contributed by atoms with Crippen molar-refractivity contribution in [1.29, 1.82) is 0 Å². The number of carbonyl (C=O) groups excluding carboxylic acids is 4. The third-order valence-corrected chi connectivity index (χ3v) is 5.73. The summed E-state index contributed by atoms with van der Waals surface area (Å²) in [5.74, 6) is -2.54. The molecule has 0 amide bonds. The van der Waals surface area contributed by atoms with E-state index >= 15 is 0 Å². The number of rotatable bonds is 17. The normalized spacial score (nSPS) is 23.5. The Labute approximate surface area is 214 Å². The van der Waals surface area contributed by atoms with Crippen LogP contribution in [0.2, 0.25) is 0 Å². The minimum Gasteiger partial charge on any atom is -0.463 e. The molecular formula is C26H44O10. The number of unbranched alkanes of at least 4 members (excludes halogenated alkanes) is 9. The van der Waals surface area contributed by atoms with Gasteiger partial charge in [-0.1, -0.05) is 64.7 Å². The fourth-order valence-corrected chi connectivity index (χ4v) is 4.11. The summed E-state index contributed by atoms with van der Waals surface area (Å²) in [6.45, 7) is 7.07. The second kappa shape index (κ2) is 18.1. The predicted molar refractivity (Wildman–Crippen MR) is 130 cm³/mol. The maximum absolute atomic E-state index is 11.8. The second-order valence-corrected chi connectivity index (χ2v) is 9.12. The quantitative estimate of drug-likeness (QED) is 0.159. The lowest BCUT2D eigenvalue weighted by molar-refractivity contribution is -0.308. The average molecular weight is 517 g/mol. The molecule has 1 fully saturated rings. The van der Waals surface area contributed by atoms with Crippen molar-refractivity contribution in [3.05, 3.63) is 0 Å². The molecule has 0 unspecified atom stereocenters.